The Morgan fingerprint density at radius 3 is 3.09 bits per heavy atom. The van der Waals surface area contributed by atoms with Crippen LogP contribution in [-0.4, -0.2) is 37.1 Å². The van der Waals surface area contributed by atoms with E-state index in [1.165, 1.54) is 18.9 Å². The molecule has 1 N–H and O–H groups in total. The van der Waals surface area contributed by atoms with Gasteiger partial charge in [0, 0.05) is 12.8 Å². The van der Waals surface area contributed by atoms with Crippen molar-refractivity contribution in [2.24, 2.45) is 4.99 Å². The molecule has 4 nitrogen and oxygen atoms in total. The Bertz CT molecular complexity index is 193. The number of hydrogen-bond acceptors (Lipinski definition) is 4. The average Bonchev–Trinajstić information content (AvgIpc) is 2.50. The topological polar surface area (TPSA) is 50.7 Å². The molecule has 1 atom stereocenters. The van der Waals surface area contributed by atoms with Gasteiger partial charge in [0.25, 0.3) is 0 Å². The fourth-order valence-electron chi connectivity index (χ4n) is 0.793. The third-order valence-electron chi connectivity index (χ3n) is 1.37. The lowest BCUT2D eigenvalue weighted by Gasteiger charge is -2.05. The van der Waals surface area contributed by atoms with Crippen molar-refractivity contribution in [3.05, 3.63) is 0 Å². The van der Waals surface area contributed by atoms with Gasteiger partial charge in [-0.2, -0.15) is 0 Å². The number of aliphatic imine (C=N–C) groups is 1. The lowest BCUT2D eigenvalue weighted by atomic mass is 10.3. The van der Waals surface area contributed by atoms with Crippen LogP contribution in [-0.2, 0) is 9.53 Å². The monoisotopic (exact) mass is 174 g/mol. The van der Waals surface area contributed by atoms with Crippen molar-refractivity contribution in [2.45, 2.75) is 6.04 Å². The number of esters is 1. The molecule has 0 aromatic heterocycles. The van der Waals surface area contributed by atoms with E-state index >= 15 is 0 Å². The SMILES string of the molecule is CN=C1NC(C(=O)OC)CS1. The molecule has 62 valence electrons. The first-order valence-electron chi connectivity index (χ1n) is 3.22. The fourth-order valence-corrected chi connectivity index (χ4v) is 1.69. The molecule has 1 aliphatic heterocycles. The summed E-state index contributed by atoms with van der Waals surface area (Å²) in [5.74, 6) is 0.482. The summed E-state index contributed by atoms with van der Waals surface area (Å²) >= 11 is 1.53. The van der Waals surface area contributed by atoms with E-state index in [4.69, 9.17) is 0 Å². The highest BCUT2D eigenvalue weighted by molar-refractivity contribution is 8.14. The Balaban J connectivity index is 2.48. The number of carbonyl (C=O) groups is 1. The van der Waals surface area contributed by atoms with Crippen LogP contribution in [0.2, 0.25) is 0 Å². The molecule has 0 aromatic rings. The number of hydrogen-bond donors (Lipinski definition) is 1. The summed E-state index contributed by atoms with van der Waals surface area (Å²) in [6.45, 7) is 0. The summed E-state index contributed by atoms with van der Waals surface area (Å²) < 4.78 is 4.56. The molecule has 0 bridgehead atoms. The van der Waals surface area contributed by atoms with Crippen molar-refractivity contribution in [1.82, 2.24) is 5.32 Å². The summed E-state index contributed by atoms with van der Waals surface area (Å²) in [6.07, 6.45) is 0. The van der Waals surface area contributed by atoms with Crippen LogP contribution in [0.3, 0.4) is 0 Å². The molecule has 5 heteroatoms. The zero-order chi connectivity index (χ0) is 8.27. The number of carbonyl (C=O) groups excluding carboxylic acids is 1. The van der Waals surface area contributed by atoms with E-state index in [-0.39, 0.29) is 12.0 Å². The summed E-state index contributed by atoms with van der Waals surface area (Å²) in [5, 5.41) is 3.74. The second-order valence-electron chi connectivity index (χ2n) is 2.06. The zero-order valence-electron chi connectivity index (χ0n) is 6.46. The molecule has 1 saturated heterocycles. The van der Waals surface area contributed by atoms with Crippen molar-refractivity contribution in [3.8, 4) is 0 Å². The maximum atomic E-state index is 10.9. The molecular weight excluding hydrogens is 164 g/mol. The van der Waals surface area contributed by atoms with Crippen LogP contribution in [0.5, 0.6) is 0 Å². The Kier molecular flexibility index (Phi) is 2.76. The van der Waals surface area contributed by atoms with Crippen molar-refractivity contribution in [1.29, 1.82) is 0 Å². The third-order valence-corrected chi connectivity index (χ3v) is 2.45. The van der Waals surface area contributed by atoms with Crippen molar-refractivity contribution < 1.29 is 9.53 Å². The lowest BCUT2D eigenvalue weighted by molar-refractivity contribution is -0.141. The smallest absolute Gasteiger partial charge is 0.329 e. The molecule has 1 unspecified atom stereocenters. The Morgan fingerprint density at radius 1 is 1.91 bits per heavy atom. The molecule has 1 rings (SSSR count). The molecule has 0 aliphatic carbocycles. The van der Waals surface area contributed by atoms with Gasteiger partial charge in [0.15, 0.2) is 5.17 Å². The summed E-state index contributed by atoms with van der Waals surface area (Å²) in [6, 6.07) is -0.219. The van der Waals surface area contributed by atoms with Crippen LogP contribution >= 0.6 is 11.8 Å². The van der Waals surface area contributed by atoms with Gasteiger partial charge in [-0.1, -0.05) is 11.8 Å². The second kappa shape index (κ2) is 3.61. The largest absolute Gasteiger partial charge is 0.467 e. The Labute approximate surface area is 69.4 Å². The fraction of sp³-hybridized carbons (Fsp3) is 0.667. The predicted molar refractivity (Wildman–Crippen MR) is 44.8 cm³/mol. The molecule has 11 heavy (non-hydrogen) atoms. The minimum absolute atomic E-state index is 0.219. The second-order valence-corrected chi connectivity index (χ2v) is 3.07. The molecular formula is C6H10N2O2S. The third kappa shape index (κ3) is 1.86. The summed E-state index contributed by atoms with van der Waals surface area (Å²) in [4.78, 5) is 14.8. The van der Waals surface area contributed by atoms with Gasteiger partial charge in [-0.3, -0.25) is 4.99 Å². The highest BCUT2D eigenvalue weighted by Gasteiger charge is 2.26. The van der Waals surface area contributed by atoms with Crippen LogP contribution in [0.4, 0.5) is 0 Å². The highest BCUT2D eigenvalue weighted by Crippen LogP contribution is 2.13. The van der Waals surface area contributed by atoms with Gasteiger partial charge < -0.3 is 10.1 Å². The van der Waals surface area contributed by atoms with Gasteiger partial charge in [-0.05, 0) is 0 Å². The zero-order valence-corrected chi connectivity index (χ0v) is 7.27. The molecule has 1 heterocycles. The highest BCUT2D eigenvalue weighted by atomic mass is 32.2. The van der Waals surface area contributed by atoms with Gasteiger partial charge in [0.05, 0.1) is 7.11 Å². The maximum absolute atomic E-state index is 10.9. The Morgan fingerprint density at radius 2 is 2.64 bits per heavy atom. The quantitative estimate of drug-likeness (QED) is 0.562. The Hall–Kier alpha value is -0.710. The molecule has 0 aromatic carbocycles. The molecule has 0 saturated carbocycles. The first kappa shape index (κ1) is 8.39. The molecule has 1 fully saturated rings. The van der Waals surface area contributed by atoms with Crippen molar-refractivity contribution in [2.75, 3.05) is 19.9 Å². The van der Waals surface area contributed by atoms with E-state index < -0.39 is 0 Å². The molecule has 1 aliphatic rings. The van der Waals surface area contributed by atoms with E-state index in [2.05, 4.69) is 15.0 Å². The molecule has 0 radical (unpaired) electrons. The minimum Gasteiger partial charge on any atom is -0.467 e. The van der Waals surface area contributed by atoms with Gasteiger partial charge in [0.2, 0.25) is 0 Å². The van der Waals surface area contributed by atoms with Gasteiger partial charge in [0.1, 0.15) is 6.04 Å². The lowest BCUT2D eigenvalue weighted by Crippen LogP contribution is -2.35. The van der Waals surface area contributed by atoms with Crippen molar-refractivity contribution >= 4 is 22.9 Å². The van der Waals surface area contributed by atoms with E-state index in [1.807, 2.05) is 0 Å². The van der Waals surface area contributed by atoms with Crippen LogP contribution < -0.4 is 5.32 Å². The average molecular weight is 174 g/mol. The number of rotatable bonds is 1. The van der Waals surface area contributed by atoms with E-state index in [1.54, 1.807) is 7.05 Å². The van der Waals surface area contributed by atoms with Crippen LogP contribution in [0.15, 0.2) is 4.99 Å². The molecule has 0 amide bonds. The minimum atomic E-state index is -0.226. The summed E-state index contributed by atoms with van der Waals surface area (Å²) in [5.41, 5.74) is 0. The number of nitrogens with one attached hydrogen (secondary N) is 1. The predicted octanol–water partition coefficient (Wildman–Crippen LogP) is -0.150. The van der Waals surface area contributed by atoms with Crippen LogP contribution in [0, 0.1) is 0 Å². The van der Waals surface area contributed by atoms with Gasteiger partial charge in [-0.15, -0.1) is 0 Å². The van der Waals surface area contributed by atoms with E-state index in [9.17, 15) is 4.79 Å². The number of amidine groups is 1. The van der Waals surface area contributed by atoms with Crippen molar-refractivity contribution in [3.63, 3.8) is 0 Å². The number of nitrogens with zero attached hydrogens (tertiary/aromatic N) is 1. The van der Waals surface area contributed by atoms with E-state index in [0.29, 0.717) is 5.75 Å². The van der Waals surface area contributed by atoms with Gasteiger partial charge >= 0.3 is 5.97 Å². The number of thioether (sulfide) groups is 1. The van der Waals surface area contributed by atoms with Gasteiger partial charge in [-0.25, -0.2) is 4.79 Å². The van der Waals surface area contributed by atoms with Crippen LogP contribution in [0.25, 0.3) is 0 Å². The number of ether oxygens (including phenoxy) is 1. The first-order valence-corrected chi connectivity index (χ1v) is 4.20. The standard InChI is InChI=1S/C6H10N2O2S/c1-7-6-8-4(3-11-6)5(9)10-2/h4H,3H2,1-2H3,(H,7,8). The molecule has 0 spiro atoms. The maximum Gasteiger partial charge on any atom is 0.329 e. The first-order chi connectivity index (χ1) is 5.27. The number of methoxy groups -OCH3 is 1. The normalized spacial score (nSPS) is 26.7. The van der Waals surface area contributed by atoms with Crippen LogP contribution in [0.1, 0.15) is 0 Å². The van der Waals surface area contributed by atoms with E-state index in [0.717, 1.165) is 5.17 Å². The summed E-state index contributed by atoms with van der Waals surface area (Å²) in [7, 11) is 3.07.